The van der Waals surface area contributed by atoms with Crippen molar-refractivity contribution in [2.24, 2.45) is 0 Å². The molecule has 2 amide bonds. The van der Waals surface area contributed by atoms with Crippen LogP contribution >= 0.6 is 0 Å². The zero-order valence-electron chi connectivity index (χ0n) is 19.5. The highest BCUT2D eigenvalue weighted by Crippen LogP contribution is 2.34. The molecule has 1 heterocycles. The van der Waals surface area contributed by atoms with Crippen LogP contribution in [-0.4, -0.2) is 37.0 Å². The van der Waals surface area contributed by atoms with Crippen LogP contribution in [0.5, 0.6) is 11.5 Å². The normalized spacial score (nSPS) is 14.4. The van der Waals surface area contributed by atoms with Crippen molar-refractivity contribution in [3.63, 3.8) is 0 Å². The van der Waals surface area contributed by atoms with Crippen molar-refractivity contribution in [3.05, 3.63) is 83.8 Å². The molecule has 1 aromatic heterocycles. The number of nitrogens with zero attached hydrogens (tertiary/aromatic N) is 1. The van der Waals surface area contributed by atoms with Crippen molar-refractivity contribution in [3.8, 4) is 11.5 Å². The lowest BCUT2D eigenvalue weighted by Crippen LogP contribution is -2.45. The van der Waals surface area contributed by atoms with Crippen LogP contribution in [0.2, 0.25) is 0 Å². The molecule has 1 saturated carbocycles. The highest BCUT2D eigenvalue weighted by Gasteiger charge is 2.35. The molecule has 2 aromatic carbocycles. The van der Waals surface area contributed by atoms with Gasteiger partial charge in [-0.1, -0.05) is 49.2 Å². The first-order chi connectivity index (χ1) is 16.6. The smallest absolute Gasteiger partial charge is 0.290 e. The Balaban J connectivity index is 1.77. The van der Waals surface area contributed by atoms with Crippen LogP contribution in [0.3, 0.4) is 0 Å². The van der Waals surface area contributed by atoms with Gasteiger partial charge in [-0.2, -0.15) is 0 Å². The second kappa shape index (κ2) is 10.9. The Kier molecular flexibility index (Phi) is 7.52. The van der Waals surface area contributed by atoms with E-state index in [9.17, 15) is 9.59 Å². The minimum atomic E-state index is -0.891. The Morgan fingerprint density at radius 2 is 1.74 bits per heavy atom. The van der Waals surface area contributed by atoms with Gasteiger partial charge in [0.15, 0.2) is 17.3 Å². The molecule has 0 aliphatic heterocycles. The molecule has 1 N–H and O–H groups in total. The van der Waals surface area contributed by atoms with Gasteiger partial charge in [0.1, 0.15) is 6.04 Å². The maximum absolute atomic E-state index is 13.8. The van der Waals surface area contributed by atoms with Gasteiger partial charge in [-0.3, -0.25) is 9.59 Å². The first-order valence-electron chi connectivity index (χ1n) is 11.5. The third-order valence-electron chi connectivity index (χ3n) is 6.17. The number of amides is 2. The summed E-state index contributed by atoms with van der Waals surface area (Å²) in [6, 6.07) is 17.4. The molecule has 0 bridgehead atoms. The molecule has 1 atom stereocenters. The van der Waals surface area contributed by atoms with Gasteiger partial charge >= 0.3 is 0 Å². The molecule has 3 aromatic rings. The minimum absolute atomic E-state index is 0.104. The summed E-state index contributed by atoms with van der Waals surface area (Å²) in [4.78, 5) is 28.9. The average molecular weight is 463 g/mol. The van der Waals surface area contributed by atoms with E-state index in [2.05, 4.69) is 5.32 Å². The zero-order valence-corrected chi connectivity index (χ0v) is 19.5. The zero-order chi connectivity index (χ0) is 23.9. The van der Waals surface area contributed by atoms with E-state index in [0.29, 0.717) is 17.1 Å². The molecule has 178 valence electrons. The topological polar surface area (TPSA) is 81.0 Å². The molecule has 7 heteroatoms. The van der Waals surface area contributed by atoms with E-state index in [1.165, 1.54) is 6.26 Å². The van der Waals surface area contributed by atoms with Gasteiger partial charge in [-0.05, 0) is 48.2 Å². The highest BCUT2D eigenvalue weighted by atomic mass is 16.5. The first kappa shape index (κ1) is 23.4. The third-order valence-corrected chi connectivity index (χ3v) is 6.17. The number of ether oxygens (including phenoxy) is 2. The summed E-state index contributed by atoms with van der Waals surface area (Å²) < 4.78 is 16.3. The van der Waals surface area contributed by atoms with E-state index in [0.717, 1.165) is 31.2 Å². The van der Waals surface area contributed by atoms with Crippen LogP contribution in [0.4, 0.5) is 0 Å². The second-order valence-electron chi connectivity index (χ2n) is 8.40. The molecule has 7 nitrogen and oxygen atoms in total. The van der Waals surface area contributed by atoms with Gasteiger partial charge < -0.3 is 24.1 Å². The number of hydrogen-bond acceptors (Lipinski definition) is 5. The van der Waals surface area contributed by atoms with Gasteiger partial charge in [0, 0.05) is 12.6 Å². The van der Waals surface area contributed by atoms with E-state index in [4.69, 9.17) is 13.9 Å². The van der Waals surface area contributed by atoms with Crippen molar-refractivity contribution < 1.29 is 23.5 Å². The van der Waals surface area contributed by atoms with Crippen molar-refractivity contribution in [1.29, 1.82) is 0 Å². The summed E-state index contributed by atoms with van der Waals surface area (Å²) in [5.74, 6) is 0.622. The van der Waals surface area contributed by atoms with Gasteiger partial charge in [0.25, 0.3) is 5.91 Å². The third kappa shape index (κ3) is 5.25. The fourth-order valence-electron chi connectivity index (χ4n) is 4.45. The number of nitrogens with one attached hydrogen (secondary N) is 1. The van der Waals surface area contributed by atoms with Crippen molar-refractivity contribution in [1.82, 2.24) is 10.2 Å². The second-order valence-corrected chi connectivity index (χ2v) is 8.40. The maximum atomic E-state index is 13.8. The summed E-state index contributed by atoms with van der Waals surface area (Å²) in [5.41, 5.74) is 1.53. The number of benzene rings is 2. The van der Waals surface area contributed by atoms with Crippen LogP contribution in [0, 0.1) is 0 Å². The van der Waals surface area contributed by atoms with E-state index >= 15 is 0 Å². The molecule has 34 heavy (non-hydrogen) atoms. The summed E-state index contributed by atoms with van der Waals surface area (Å²) in [5, 5.41) is 3.17. The SMILES string of the molecule is COc1ccc(C(C(=O)NC2CCCC2)N(Cc2ccccc2)C(=O)c2ccco2)cc1OC. The fourth-order valence-corrected chi connectivity index (χ4v) is 4.45. The lowest BCUT2D eigenvalue weighted by Gasteiger charge is -2.32. The molecule has 0 radical (unpaired) electrons. The predicted octanol–water partition coefficient (Wildman–Crippen LogP) is 4.74. The highest BCUT2D eigenvalue weighted by molar-refractivity contribution is 5.96. The van der Waals surface area contributed by atoms with Gasteiger partial charge in [-0.15, -0.1) is 0 Å². The molecule has 1 fully saturated rings. The van der Waals surface area contributed by atoms with E-state index < -0.39 is 6.04 Å². The molecule has 1 unspecified atom stereocenters. The number of carbonyl (C=O) groups excluding carboxylic acids is 2. The Hall–Kier alpha value is -3.74. The molecular formula is C27H30N2O5. The number of furan rings is 1. The average Bonchev–Trinajstić information content (AvgIpc) is 3.58. The number of hydrogen-bond donors (Lipinski definition) is 1. The lowest BCUT2D eigenvalue weighted by molar-refractivity contribution is -0.126. The van der Waals surface area contributed by atoms with E-state index in [-0.39, 0.29) is 30.2 Å². The van der Waals surface area contributed by atoms with Crippen molar-refractivity contribution in [2.45, 2.75) is 44.3 Å². The summed E-state index contributed by atoms with van der Waals surface area (Å²) in [6.45, 7) is 0.234. The number of carbonyl (C=O) groups is 2. The van der Waals surface area contributed by atoms with E-state index in [1.807, 2.05) is 30.3 Å². The van der Waals surface area contributed by atoms with Crippen molar-refractivity contribution in [2.75, 3.05) is 14.2 Å². The van der Waals surface area contributed by atoms with Gasteiger partial charge in [-0.25, -0.2) is 0 Å². The van der Waals surface area contributed by atoms with Gasteiger partial charge in [0.05, 0.1) is 20.5 Å². The number of methoxy groups -OCH3 is 2. The van der Waals surface area contributed by atoms with E-state index in [1.54, 1.807) is 49.5 Å². The molecule has 0 saturated heterocycles. The Morgan fingerprint density at radius 1 is 1.00 bits per heavy atom. The number of rotatable bonds is 9. The minimum Gasteiger partial charge on any atom is -0.493 e. The maximum Gasteiger partial charge on any atom is 0.290 e. The van der Waals surface area contributed by atoms with Crippen molar-refractivity contribution >= 4 is 11.8 Å². The molecule has 1 aliphatic rings. The van der Waals surface area contributed by atoms with Crippen LogP contribution in [-0.2, 0) is 11.3 Å². The Labute approximate surface area is 199 Å². The molecular weight excluding hydrogens is 432 g/mol. The predicted molar refractivity (Wildman–Crippen MR) is 128 cm³/mol. The Bertz CT molecular complexity index is 1090. The fraction of sp³-hybridized carbons (Fsp3) is 0.333. The molecule has 0 spiro atoms. The Morgan fingerprint density at radius 3 is 2.38 bits per heavy atom. The summed E-state index contributed by atoms with van der Waals surface area (Å²) in [6.07, 6.45) is 5.51. The monoisotopic (exact) mass is 462 g/mol. The summed E-state index contributed by atoms with van der Waals surface area (Å²) >= 11 is 0. The lowest BCUT2D eigenvalue weighted by atomic mass is 10.0. The molecule has 4 rings (SSSR count). The molecule has 1 aliphatic carbocycles. The first-order valence-corrected chi connectivity index (χ1v) is 11.5. The summed E-state index contributed by atoms with van der Waals surface area (Å²) in [7, 11) is 3.11. The quantitative estimate of drug-likeness (QED) is 0.497. The standard InChI is InChI=1S/C27H30N2O5/c1-32-22-15-14-20(17-24(22)33-2)25(26(30)28-21-11-6-7-12-21)29(18-19-9-4-3-5-10-19)27(31)23-13-8-16-34-23/h3-5,8-10,13-17,21,25H,6-7,11-12,18H2,1-2H3,(H,28,30). The van der Waals surface area contributed by atoms with Crippen LogP contribution < -0.4 is 14.8 Å². The van der Waals surface area contributed by atoms with Gasteiger partial charge in [0.2, 0.25) is 5.91 Å². The largest absolute Gasteiger partial charge is 0.493 e. The van der Waals surface area contributed by atoms with Crippen LogP contribution in [0.15, 0.2) is 71.3 Å². The van der Waals surface area contributed by atoms with Crippen LogP contribution in [0.25, 0.3) is 0 Å². The van der Waals surface area contributed by atoms with Crippen LogP contribution in [0.1, 0.15) is 53.4 Å².